The van der Waals surface area contributed by atoms with E-state index >= 15 is 0 Å². The molecule has 0 amide bonds. The zero-order valence-corrected chi connectivity index (χ0v) is 26.5. The molecule has 0 spiro atoms. The molecule has 0 aromatic heterocycles. The van der Waals surface area contributed by atoms with Gasteiger partial charge in [-0.05, 0) is 68.9 Å². The summed E-state index contributed by atoms with van der Waals surface area (Å²) in [7, 11) is 3.54. The van der Waals surface area contributed by atoms with E-state index in [-0.39, 0.29) is 23.3 Å². The Morgan fingerprint density at radius 3 is 2.24 bits per heavy atom. The van der Waals surface area contributed by atoms with E-state index in [1.165, 1.54) is 45.1 Å². The summed E-state index contributed by atoms with van der Waals surface area (Å²) in [4.78, 5) is 2.32. The van der Waals surface area contributed by atoms with Gasteiger partial charge in [0.05, 0.1) is 5.41 Å². The third-order valence-electron chi connectivity index (χ3n) is 9.22. The number of benzene rings is 2. The molecule has 2 aromatic rings. The molecule has 4 nitrogen and oxygen atoms in total. The van der Waals surface area contributed by atoms with Gasteiger partial charge in [-0.15, -0.1) is 0 Å². The van der Waals surface area contributed by atoms with Crippen LogP contribution in [0.3, 0.4) is 0 Å². The predicted molar refractivity (Wildman–Crippen MR) is 171 cm³/mol. The Hall–Kier alpha value is -2.92. The zero-order valence-electron chi connectivity index (χ0n) is 25.8. The highest BCUT2D eigenvalue weighted by atomic mass is 35.5. The third-order valence-corrected chi connectivity index (χ3v) is 9.71. The van der Waals surface area contributed by atoms with E-state index in [4.69, 9.17) is 21.1 Å². The number of halogens is 1. The highest BCUT2D eigenvalue weighted by Crippen LogP contribution is 2.49. The van der Waals surface area contributed by atoms with E-state index in [1.54, 1.807) is 14.2 Å². The largest absolute Gasteiger partial charge is 0.362 e. The first-order valence-electron chi connectivity index (χ1n) is 14.7. The van der Waals surface area contributed by atoms with Crippen molar-refractivity contribution in [2.24, 2.45) is 0 Å². The Balaban J connectivity index is 1.52. The minimum absolute atomic E-state index is 0.0770. The number of fused-ring (bicyclic) bond motifs is 2. The fourth-order valence-corrected chi connectivity index (χ4v) is 7.02. The minimum Gasteiger partial charge on any atom is -0.362 e. The normalized spacial score (nSPS) is 23.1. The van der Waals surface area contributed by atoms with Crippen LogP contribution in [0.5, 0.6) is 0 Å². The fourth-order valence-electron chi connectivity index (χ4n) is 6.70. The molecule has 0 saturated carbocycles. The van der Waals surface area contributed by atoms with Gasteiger partial charge in [0.2, 0.25) is 5.69 Å². The monoisotopic (exact) mass is 571 g/mol. The summed E-state index contributed by atoms with van der Waals surface area (Å²) in [6, 6.07) is 17.3. The van der Waals surface area contributed by atoms with Crippen LogP contribution in [0.2, 0.25) is 0 Å². The number of anilines is 1. The van der Waals surface area contributed by atoms with Crippen LogP contribution < -0.4 is 4.90 Å². The molecule has 2 aromatic carbocycles. The smallest absolute Gasteiger partial charge is 0.260 e. The van der Waals surface area contributed by atoms with Gasteiger partial charge in [0.1, 0.15) is 6.23 Å². The SMILES string of the molecule is COC(C)N1/C(=C/C=C2\CCCC(/C=C/C3=[N+](C(C)OC)c4ccccc4C3(C)C)=C2Cl)C(C)(C)c2ccccc21. The van der Waals surface area contributed by atoms with Crippen LogP contribution in [-0.4, -0.2) is 37.0 Å². The molecule has 0 fully saturated rings. The Kier molecular flexibility index (Phi) is 8.22. The molecule has 41 heavy (non-hydrogen) atoms. The summed E-state index contributed by atoms with van der Waals surface area (Å²) in [5.74, 6) is 0. The molecule has 0 saturated heterocycles. The molecule has 0 N–H and O–H groups in total. The maximum atomic E-state index is 7.14. The second kappa shape index (κ2) is 11.4. The average molecular weight is 572 g/mol. The first-order valence-corrected chi connectivity index (χ1v) is 15.1. The third kappa shape index (κ3) is 5.05. The predicted octanol–water partition coefficient (Wildman–Crippen LogP) is 8.89. The maximum Gasteiger partial charge on any atom is 0.260 e. The minimum atomic E-state index is -0.144. The lowest BCUT2D eigenvalue weighted by molar-refractivity contribution is -0.532. The van der Waals surface area contributed by atoms with Crippen molar-refractivity contribution in [3.63, 3.8) is 0 Å². The number of hydrogen-bond donors (Lipinski definition) is 0. The zero-order chi connectivity index (χ0) is 29.5. The van der Waals surface area contributed by atoms with Crippen LogP contribution in [-0.2, 0) is 20.3 Å². The quantitative estimate of drug-likeness (QED) is 0.310. The van der Waals surface area contributed by atoms with Crippen molar-refractivity contribution in [3.8, 4) is 0 Å². The van der Waals surface area contributed by atoms with Crippen LogP contribution >= 0.6 is 11.6 Å². The summed E-state index contributed by atoms with van der Waals surface area (Å²) in [6.07, 6.45) is 11.8. The molecule has 2 unspecified atom stereocenters. The summed E-state index contributed by atoms with van der Waals surface area (Å²) in [5, 5.41) is 0.865. The molecule has 5 rings (SSSR count). The van der Waals surface area contributed by atoms with Crippen molar-refractivity contribution >= 4 is 28.7 Å². The van der Waals surface area contributed by atoms with Crippen LogP contribution in [0.15, 0.2) is 94.7 Å². The van der Waals surface area contributed by atoms with Gasteiger partial charge >= 0.3 is 0 Å². The molecule has 3 aliphatic rings. The van der Waals surface area contributed by atoms with Gasteiger partial charge in [-0.1, -0.05) is 74.0 Å². The van der Waals surface area contributed by atoms with E-state index in [0.717, 1.165) is 24.3 Å². The molecule has 1 aliphatic carbocycles. The van der Waals surface area contributed by atoms with Crippen molar-refractivity contribution in [3.05, 3.63) is 106 Å². The first kappa shape index (κ1) is 29.6. The van der Waals surface area contributed by atoms with Gasteiger partial charge < -0.3 is 14.4 Å². The Morgan fingerprint density at radius 1 is 0.854 bits per heavy atom. The van der Waals surface area contributed by atoms with Crippen molar-refractivity contribution in [2.75, 3.05) is 19.1 Å². The molecule has 0 bridgehead atoms. The first-order chi connectivity index (χ1) is 19.5. The topological polar surface area (TPSA) is 24.7 Å². The summed E-state index contributed by atoms with van der Waals surface area (Å²) in [5.41, 5.74) is 9.56. The maximum absolute atomic E-state index is 7.14. The van der Waals surface area contributed by atoms with E-state index in [2.05, 4.69) is 124 Å². The second-order valence-electron chi connectivity index (χ2n) is 12.3. The standard InChI is InChI=1S/C36H44ClN2O2/c1-24(40-7)38-30-18-11-9-16-28(30)35(3,4)32(38)22-20-26-14-13-15-27(34(26)37)21-23-33-36(5,6)29-17-10-12-19-31(29)39(33)25(2)41-8/h9-12,16-25H,13-15H2,1-8H3/q+1. The summed E-state index contributed by atoms with van der Waals surface area (Å²) < 4.78 is 13.9. The molecule has 2 heterocycles. The number of nitrogens with zero attached hydrogens (tertiary/aromatic N) is 2. The van der Waals surface area contributed by atoms with Crippen LogP contribution in [0, 0.1) is 0 Å². The van der Waals surface area contributed by atoms with Crippen molar-refractivity contribution in [1.82, 2.24) is 0 Å². The lowest BCUT2D eigenvalue weighted by Crippen LogP contribution is -2.34. The molecule has 2 atom stereocenters. The Bertz CT molecular complexity index is 1490. The second-order valence-corrected chi connectivity index (χ2v) is 12.7. The van der Waals surface area contributed by atoms with E-state index in [9.17, 15) is 0 Å². The average Bonchev–Trinajstić information content (AvgIpc) is 3.34. The number of ether oxygens (including phenoxy) is 2. The molecular weight excluding hydrogens is 528 g/mol. The van der Waals surface area contributed by atoms with E-state index < -0.39 is 0 Å². The molecule has 5 heteroatoms. The van der Waals surface area contributed by atoms with Gasteiger partial charge in [0, 0.05) is 60.7 Å². The lowest BCUT2D eigenvalue weighted by Gasteiger charge is -2.31. The summed E-state index contributed by atoms with van der Waals surface area (Å²) in [6.45, 7) is 13.4. The van der Waals surface area contributed by atoms with Gasteiger partial charge in [0.15, 0.2) is 5.71 Å². The van der Waals surface area contributed by atoms with Crippen LogP contribution in [0.4, 0.5) is 11.4 Å². The van der Waals surface area contributed by atoms with Gasteiger partial charge in [-0.25, -0.2) is 0 Å². The number of methoxy groups -OCH3 is 2. The van der Waals surface area contributed by atoms with Crippen molar-refractivity contribution in [1.29, 1.82) is 0 Å². The molecule has 0 radical (unpaired) electrons. The van der Waals surface area contributed by atoms with Crippen LogP contribution in [0.25, 0.3) is 0 Å². The highest BCUT2D eigenvalue weighted by molar-refractivity contribution is 6.32. The lowest BCUT2D eigenvalue weighted by atomic mass is 9.81. The van der Waals surface area contributed by atoms with Gasteiger partial charge in [-0.3, -0.25) is 0 Å². The number of rotatable bonds is 7. The number of para-hydroxylation sites is 2. The number of allylic oxidation sites excluding steroid dienone is 8. The van der Waals surface area contributed by atoms with Crippen molar-refractivity contribution in [2.45, 2.75) is 84.1 Å². The van der Waals surface area contributed by atoms with E-state index in [1.807, 2.05) is 0 Å². The molecular formula is C36H44ClN2O2+. The Labute approximate surface area is 251 Å². The van der Waals surface area contributed by atoms with Gasteiger partial charge in [0.25, 0.3) is 6.23 Å². The number of hydrogen-bond acceptors (Lipinski definition) is 3. The van der Waals surface area contributed by atoms with Gasteiger partial charge in [-0.2, -0.15) is 4.58 Å². The fraction of sp³-hybridized carbons (Fsp3) is 0.417. The molecule has 216 valence electrons. The molecule has 2 aliphatic heterocycles. The summed E-state index contributed by atoms with van der Waals surface area (Å²) >= 11 is 7.14. The highest BCUT2D eigenvalue weighted by Gasteiger charge is 2.46. The van der Waals surface area contributed by atoms with E-state index in [0.29, 0.717) is 0 Å². The van der Waals surface area contributed by atoms with Crippen molar-refractivity contribution < 1.29 is 14.0 Å². The Morgan fingerprint density at radius 2 is 1.54 bits per heavy atom. The van der Waals surface area contributed by atoms with Crippen LogP contribution in [0.1, 0.15) is 71.9 Å².